The molecule has 0 aliphatic rings. The van der Waals surface area contributed by atoms with Gasteiger partial charge in [-0.3, -0.25) is 0 Å². The van der Waals surface area contributed by atoms with Crippen LogP contribution >= 0.6 is 0 Å². The molecule has 0 aliphatic carbocycles. The van der Waals surface area contributed by atoms with Gasteiger partial charge >= 0.3 is 12.3 Å². The Balaban J connectivity index is 3.79. The van der Waals surface area contributed by atoms with Crippen molar-refractivity contribution in [1.82, 2.24) is 0 Å². The molecule has 0 saturated carbocycles. The molecule has 0 aromatic carbocycles. The van der Waals surface area contributed by atoms with E-state index in [9.17, 15) is 18.0 Å². The first-order valence-corrected chi connectivity index (χ1v) is 4.20. The van der Waals surface area contributed by atoms with Crippen LogP contribution in [0.2, 0.25) is 0 Å². The molecule has 0 aromatic rings. The summed E-state index contributed by atoms with van der Waals surface area (Å²) in [5.41, 5.74) is -0.717. The van der Waals surface area contributed by atoms with Crippen molar-refractivity contribution < 1.29 is 27.4 Å². The zero-order chi connectivity index (χ0) is 12.1. The first kappa shape index (κ1) is 13.8. The quantitative estimate of drug-likeness (QED) is 0.536. The van der Waals surface area contributed by atoms with E-state index in [1.54, 1.807) is 20.8 Å². The normalized spacial score (nSPS) is 12.9. The second kappa shape index (κ2) is 5.04. The first-order valence-electron chi connectivity index (χ1n) is 4.20. The van der Waals surface area contributed by atoms with Gasteiger partial charge < -0.3 is 9.47 Å². The lowest BCUT2D eigenvalue weighted by Crippen LogP contribution is -2.24. The summed E-state index contributed by atoms with van der Waals surface area (Å²) < 4.78 is 43.8. The molecular weight excluding hydrogens is 213 g/mol. The minimum Gasteiger partial charge on any atom is -0.430 e. The lowest BCUT2D eigenvalue weighted by molar-refractivity contribution is -0.0805. The van der Waals surface area contributed by atoms with Gasteiger partial charge in [-0.1, -0.05) is 0 Å². The van der Waals surface area contributed by atoms with Crippen molar-refractivity contribution in [1.29, 1.82) is 0 Å². The minimum atomic E-state index is -4.39. The molecule has 3 nitrogen and oxygen atoms in total. The Morgan fingerprint density at radius 3 is 2.20 bits per heavy atom. The van der Waals surface area contributed by atoms with E-state index in [1.807, 2.05) is 0 Å². The highest BCUT2D eigenvalue weighted by Crippen LogP contribution is 2.15. The molecule has 0 amide bonds. The lowest BCUT2D eigenvalue weighted by Gasteiger charge is -2.18. The van der Waals surface area contributed by atoms with E-state index in [1.165, 1.54) is 0 Å². The summed E-state index contributed by atoms with van der Waals surface area (Å²) in [6.07, 6.45) is -4.69. The zero-order valence-corrected chi connectivity index (χ0v) is 8.72. The van der Waals surface area contributed by atoms with Crippen molar-refractivity contribution in [3.8, 4) is 0 Å². The average Bonchev–Trinajstić information content (AvgIpc) is 1.92. The van der Waals surface area contributed by atoms with Crippen LogP contribution in [-0.4, -0.2) is 24.5 Å². The number of hydrogen-bond acceptors (Lipinski definition) is 3. The van der Waals surface area contributed by atoms with E-state index in [4.69, 9.17) is 4.74 Å². The first-order chi connectivity index (χ1) is 6.60. The van der Waals surface area contributed by atoms with E-state index in [2.05, 4.69) is 4.74 Å². The fourth-order valence-corrected chi connectivity index (χ4v) is 0.577. The molecule has 6 heteroatoms. The summed E-state index contributed by atoms with van der Waals surface area (Å²) in [4.78, 5) is 10.8. The Labute approximate surface area is 85.9 Å². The van der Waals surface area contributed by atoms with Gasteiger partial charge in [0.15, 0.2) is 0 Å². The van der Waals surface area contributed by atoms with E-state index in [-0.39, 0.29) is 6.08 Å². The second-order valence-corrected chi connectivity index (χ2v) is 3.72. The maximum Gasteiger partial charge on any atom is 0.509 e. The van der Waals surface area contributed by atoms with Gasteiger partial charge in [0, 0.05) is 6.08 Å². The number of allylic oxidation sites excluding steroid dienone is 1. The molecule has 88 valence electrons. The number of halogens is 3. The molecule has 0 saturated heterocycles. The molecule has 0 aromatic heterocycles. The predicted octanol–water partition coefficient (Wildman–Crippen LogP) is 3.06. The van der Waals surface area contributed by atoms with Crippen LogP contribution in [0.15, 0.2) is 12.2 Å². The van der Waals surface area contributed by atoms with Gasteiger partial charge in [0.05, 0.1) is 0 Å². The van der Waals surface area contributed by atoms with Crippen LogP contribution in [0, 0.1) is 0 Å². The molecule has 0 atom stereocenters. The van der Waals surface area contributed by atoms with Crippen molar-refractivity contribution in [3.63, 3.8) is 0 Å². The zero-order valence-electron chi connectivity index (χ0n) is 8.72. The average molecular weight is 226 g/mol. The van der Waals surface area contributed by atoms with E-state index < -0.39 is 24.5 Å². The molecule has 15 heavy (non-hydrogen) atoms. The highest BCUT2D eigenvalue weighted by atomic mass is 19.4. The predicted molar refractivity (Wildman–Crippen MR) is 47.4 cm³/mol. The third-order valence-electron chi connectivity index (χ3n) is 0.994. The smallest absolute Gasteiger partial charge is 0.430 e. The van der Waals surface area contributed by atoms with Crippen LogP contribution in [0.5, 0.6) is 0 Å². The number of carbonyl (C=O) groups excluding carboxylic acids is 1. The lowest BCUT2D eigenvalue weighted by atomic mass is 10.2. The van der Waals surface area contributed by atoms with Crippen molar-refractivity contribution in [2.45, 2.75) is 32.5 Å². The Morgan fingerprint density at radius 2 is 1.80 bits per heavy atom. The molecule has 0 spiro atoms. The number of rotatable bonds is 2. The van der Waals surface area contributed by atoms with Crippen molar-refractivity contribution >= 4 is 6.16 Å². The molecule has 0 unspecified atom stereocenters. The van der Waals surface area contributed by atoms with Gasteiger partial charge in [0.25, 0.3) is 0 Å². The number of hydrogen-bond donors (Lipinski definition) is 0. The third-order valence-corrected chi connectivity index (χ3v) is 0.994. The van der Waals surface area contributed by atoms with Gasteiger partial charge in [0.1, 0.15) is 12.2 Å². The van der Waals surface area contributed by atoms with Crippen LogP contribution in [0.4, 0.5) is 18.0 Å². The fraction of sp³-hybridized carbons (Fsp3) is 0.667. The number of ether oxygens (including phenoxy) is 2. The van der Waals surface area contributed by atoms with Crippen molar-refractivity contribution in [2.75, 3.05) is 6.61 Å². The van der Waals surface area contributed by atoms with Crippen LogP contribution in [0.3, 0.4) is 0 Å². The molecule has 0 heterocycles. The minimum absolute atomic E-state index is 0.00261. The van der Waals surface area contributed by atoms with Crippen molar-refractivity contribution in [2.24, 2.45) is 0 Å². The van der Waals surface area contributed by atoms with Gasteiger partial charge in [0.2, 0.25) is 0 Å². The number of alkyl halides is 3. The maximum absolute atomic E-state index is 11.6. The molecule has 0 aliphatic heterocycles. The second-order valence-electron chi connectivity index (χ2n) is 3.72. The summed E-state index contributed by atoms with van der Waals surface area (Å²) in [6, 6.07) is 0. The highest BCUT2D eigenvalue weighted by molar-refractivity contribution is 5.60. The summed E-state index contributed by atoms with van der Waals surface area (Å²) in [5, 5.41) is 0. The molecule has 0 bridgehead atoms. The van der Waals surface area contributed by atoms with Gasteiger partial charge in [-0.25, -0.2) is 4.79 Å². The Bertz CT molecular complexity index is 238. The summed E-state index contributed by atoms with van der Waals surface area (Å²) >= 11 is 0. The maximum atomic E-state index is 11.6. The van der Waals surface area contributed by atoms with Gasteiger partial charge in [-0.05, 0) is 26.8 Å². The summed E-state index contributed by atoms with van der Waals surface area (Å²) in [7, 11) is 0. The topological polar surface area (TPSA) is 35.5 Å². The Kier molecular flexibility index (Phi) is 4.64. The Morgan fingerprint density at radius 1 is 1.27 bits per heavy atom. The fourth-order valence-electron chi connectivity index (χ4n) is 0.577. The van der Waals surface area contributed by atoms with Crippen LogP contribution in [0.1, 0.15) is 20.8 Å². The standard InChI is InChI=1S/C9H13F3O3/c1-8(2,3)15-7(13)14-6-4-5-9(10,11)12/h4-5H,6H2,1-3H3. The number of carbonyl (C=O) groups is 1. The SMILES string of the molecule is CC(C)(C)OC(=O)OCC=CC(F)(F)F. The summed E-state index contributed by atoms with van der Waals surface area (Å²) in [5.74, 6) is 0. The molecule has 0 fully saturated rings. The largest absolute Gasteiger partial charge is 0.509 e. The van der Waals surface area contributed by atoms with Gasteiger partial charge in [-0.15, -0.1) is 0 Å². The molecule has 0 N–H and O–H groups in total. The highest BCUT2D eigenvalue weighted by Gasteiger charge is 2.22. The van der Waals surface area contributed by atoms with Crippen LogP contribution in [0.25, 0.3) is 0 Å². The van der Waals surface area contributed by atoms with Crippen LogP contribution in [-0.2, 0) is 9.47 Å². The van der Waals surface area contributed by atoms with Gasteiger partial charge in [-0.2, -0.15) is 13.2 Å². The molecule has 0 radical (unpaired) electrons. The molecule has 0 rings (SSSR count). The Hall–Kier alpha value is -1.20. The summed E-state index contributed by atoms with van der Waals surface area (Å²) in [6.45, 7) is 4.41. The third kappa shape index (κ3) is 10.7. The molecular formula is C9H13F3O3. The van der Waals surface area contributed by atoms with E-state index in [0.29, 0.717) is 6.08 Å². The monoisotopic (exact) mass is 226 g/mol. The van der Waals surface area contributed by atoms with E-state index >= 15 is 0 Å². The van der Waals surface area contributed by atoms with Crippen LogP contribution < -0.4 is 0 Å². The van der Waals surface area contributed by atoms with Crippen molar-refractivity contribution in [3.05, 3.63) is 12.2 Å². The van der Waals surface area contributed by atoms with E-state index in [0.717, 1.165) is 0 Å².